The first-order chi connectivity index (χ1) is 11.7. The van der Waals surface area contributed by atoms with Gasteiger partial charge in [0.25, 0.3) is 5.69 Å². The Labute approximate surface area is 148 Å². The molecule has 134 valence electrons. The maximum absolute atomic E-state index is 12.4. The summed E-state index contributed by atoms with van der Waals surface area (Å²) in [6, 6.07) is 6.44. The molecule has 1 N–H and O–H groups in total. The number of sulfonamides is 1. The molecule has 25 heavy (non-hydrogen) atoms. The molecule has 1 aromatic heterocycles. The monoisotopic (exact) mass is 387 g/mol. The summed E-state index contributed by atoms with van der Waals surface area (Å²) >= 11 is 5.67. The fourth-order valence-corrected chi connectivity index (χ4v) is 3.25. The Morgan fingerprint density at radius 1 is 1.40 bits per heavy atom. The Hall–Kier alpha value is -2.43. The van der Waals surface area contributed by atoms with Crippen molar-refractivity contribution in [3.63, 3.8) is 0 Å². The normalized spacial score (nSPS) is 11.5. The molecule has 0 aliphatic rings. The smallest absolute Gasteiger partial charge is 0.289 e. The van der Waals surface area contributed by atoms with Crippen molar-refractivity contribution in [1.82, 2.24) is 9.62 Å². The summed E-state index contributed by atoms with van der Waals surface area (Å²) in [5.74, 6) is -0.0295. The average Bonchev–Trinajstić information content (AvgIpc) is 3.06. The van der Waals surface area contributed by atoms with Gasteiger partial charge in [0, 0.05) is 13.1 Å². The van der Waals surface area contributed by atoms with Crippen molar-refractivity contribution >= 4 is 33.2 Å². The van der Waals surface area contributed by atoms with E-state index in [4.69, 9.17) is 16.0 Å². The van der Waals surface area contributed by atoms with E-state index < -0.39 is 33.1 Å². The summed E-state index contributed by atoms with van der Waals surface area (Å²) in [4.78, 5) is 21.6. The maximum atomic E-state index is 12.4. The molecule has 1 heterocycles. The van der Waals surface area contributed by atoms with E-state index in [1.54, 1.807) is 12.1 Å². The summed E-state index contributed by atoms with van der Waals surface area (Å²) in [5, 5.41) is 13.2. The number of halogens is 1. The summed E-state index contributed by atoms with van der Waals surface area (Å²) in [5.41, 5.74) is -0.529. The third kappa shape index (κ3) is 4.56. The predicted octanol–water partition coefficient (Wildman–Crippen LogP) is 1.78. The number of carbonyl (C=O) groups excluding carboxylic acids is 1. The number of hydrogen-bond acceptors (Lipinski definition) is 6. The first-order valence-electron chi connectivity index (χ1n) is 6.91. The van der Waals surface area contributed by atoms with E-state index in [9.17, 15) is 23.3 Å². The van der Waals surface area contributed by atoms with Gasteiger partial charge < -0.3 is 9.73 Å². The minimum absolute atomic E-state index is 0.117. The zero-order valence-corrected chi connectivity index (χ0v) is 14.6. The van der Waals surface area contributed by atoms with Crippen molar-refractivity contribution in [3.05, 3.63) is 57.5 Å². The van der Waals surface area contributed by atoms with Crippen LogP contribution in [0, 0.1) is 10.1 Å². The predicted molar refractivity (Wildman–Crippen MR) is 88.5 cm³/mol. The summed E-state index contributed by atoms with van der Waals surface area (Å²) < 4.78 is 30.7. The van der Waals surface area contributed by atoms with E-state index in [2.05, 4.69) is 5.32 Å². The maximum Gasteiger partial charge on any atom is 0.289 e. The van der Waals surface area contributed by atoms with Gasteiger partial charge in [-0.15, -0.1) is 0 Å². The number of nitrogens with one attached hydrogen (secondary N) is 1. The zero-order chi connectivity index (χ0) is 18.6. The third-order valence-electron chi connectivity index (χ3n) is 3.23. The van der Waals surface area contributed by atoms with E-state index >= 15 is 0 Å². The minimum atomic E-state index is -4.09. The van der Waals surface area contributed by atoms with Gasteiger partial charge >= 0.3 is 0 Å². The SMILES string of the molecule is CN(CC(=O)NCc1ccco1)S(=O)(=O)c1ccc(Cl)c([N+](=O)[O-])c1. The molecular formula is C14H14ClN3O6S. The highest BCUT2D eigenvalue weighted by atomic mass is 35.5. The largest absolute Gasteiger partial charge is 0.467 e. The zero-order valence-electron chi connectivity index (χ0n) is 13.0. The number of rotatable bonds is 7. The lowest BCUT2D eigenvalue weighted by Gasteiger charge is -2.16. The summed E-state index contributed by atoms with van der Waals surface area (Å²) in [7, 11) is -2.90. The quantitative estimate of drug-likeness (QED) is 0.570. The molecule has 0 fully saturated rings. The van der Waals surface area contributed by atoms with Gasteiger partial charge in [0.2, 0.25) is 15.9 Å². The number of benzene rings is 1. The van der Waals surface area contributed by atoms with Crippen molar-refractivity contribution in [3.8, 4) is 0 Å². The van der Waals surface area contributed by atoms with E-state index in [0.29, 0.717) is 5.76 Å². The van der Waals surface area contributed by atoms with Crippen LogP contribution < -0.4 is 5.32 Å². The van der Waals surface area contributed by atoms with Crippen LogP contribution in [0.25, 0.3) is 0 Å². The van der Waals surface area contributed by atoms with Crippen LogP contribution in [0.4, 0.5) is 5.69 Å². The Morgan fingerprint density at radius 3 is 2.72 bits per heavy atom. The van der Waals surface area contributed by atoms with Crippen LogP contribution in [0.5, 0.6) is 0 Å². The molecular weight excluding hydrogens is 374 g/mol. The molecule has 2 aromatic rings. The fraction of sp³-hybridized carbons (Fsp3) is 0.214. The molecule has 0 bridgehead atoms. The van der Waals surface area contributed by atoms with E-state index in [-0.39, 0.29) is 16.5 Å². The molecule has 9 nitrogen and oxygen atoms in total. The topological polar surface area (TPSA) is 123 Å². The number of nitro groups is 1. The Kier molecular flexibility index (Phi) is 5.77. The Bertz CT molecular complexity index is 882. The van der Waals surface area contributed by atoms with Gasteiger partial charge in [0.1, 0.15) is 10.8 Å². The molecule has 0 atom stereocenters. The van der Waals surface area contributed by atoms with Gasteiger partial charge in [-0.2, -0.15) is 4.31 Å². The molecule has 2 rings (SSSR count). The molecule has 1 aromatic carbocycles. The standard InChI is InChI=1S/C14H14ClN3O6S/c1-17(9-14(19)16-8-10-3-2-6-24-10)25(22,23)11-4-5-12(15)13(7-11)18(20)21/h2-7H,8-9H2,1H3,(H,16,19). The number of hydrogen-bond donors (Lipinski definition) is 1. The second-order valence-electron chi connectivity index (χ2n) is 4.99. The van der Waals surface area contributed by atoms with E-state index in [0.717, 1.165) is 22.5 Å². The van der Waals surface area contributed by atoms with Crippen molar-refractivity contribution in [1.29, 1.82) is 0 Å². The van der Waals surface area contributed by atoms with Crippen LogP contribution in [-0.2, 0) is 21.4 Å². The highest BCUT2D eigenvalue weighted by molar-refractivity contribution is 7.89. The molecule has 0 radical (unpaired) electrons. The van der Waals surface area contributed by atoms with Gasteiger partial charge in [-0.3, -0.25) is 14.9 Å². The highest BCUT2D eigenvalue weighted by Crippen LogP contribution is 2.28. The van der Waals surface area contributed by atoms with Crippen LogP contribution >= 0.6 is 11.6 Å². The van der Waals surface area contributed by atoms with E-state index in [1.165, 1.54) is 13.3 Å². The second kappa shape index (κ2) is 7.64. The summed E-state index contributed by atoms with van der Waals surface area (Å²) in [6.45, 7) is -0.342. The first-order valence-corrected chi connectivity index (χ1v) is 8.73. The van der Waals surface area contributed by atoms with Gasteiger partial charge in [-0.1, -0.05) is 11.6 Å². The molecule has 0 aliphatic heterocycles. The number of nitrogens with zero attached hydrogens (tertiary/aromatic N) is 2. The van der Waals surface area contributed by atoms with Crippen LogP contribution in [-0.4, -0.2) is 37.1 Å². The Morgan fingerprint density at radius 2 is 2.12 bits per heavy atom. The third-order valence-corrected chi connectivity index (χ3v) is 5.35. The lowest BCUT2D eigenvalue weighted by molar-refractivity contribution is -0.384. The molecule has 0 spiro atoms. The molecule has 0 saturated heterocycles. The minimum Gasteiger partial charge on any atom is -0.467 e. The van der Waals surface area contributed by atoms with Crippen molar-refractivity contribution in [2.24, 2.45) is 0 Å². The number of nitro benzene ring substituents is 1. The lowest BCUT2D eigenvalue weighted by atomic mass is 10.3. The van der Waals surface area contributed by atoms with Gasteiger partial charge in [0.05, 0.1) is 29.2 Å². The van der Waals surface area contributed by atoms with Gasteiger partial charge in [0.15, 0.2) is 0 Å². The molecule has 0 aliphatic carbocycles. The van der Waals surface area contributed by atoms with Crippen molar-refractivity contribution in [2.45, 2.75) is 11.4 Å². The number of amides is 1. The highest BCUT2D eigenvalue weighted by Gasteiger charge is 2.26. The van der Waals surface area contributed by atoms with Crippen LogP contribution in [0.3, 0.4) is 0 Å². The van der Waals surface area contributed by atoms with Crippen LogP contribution in [0.1, 0.15) is 5.76 Å². The lowest BCUT2D eigenvalue weighted by Crippen LogP contribution is -2.38. The van der Waals surface area contributed by atoms with Crippen molar-refractivity contribution in [2.75, 3.05) is 13.6 Å². The second-order valence-corrected chi connectivity index (χ2v) is 7.44. The molecule has 11 heteroatoms. The van der Waals surface area contributed by atoms with Crippen LogP contribution in [0.15, 0.2) is 45.9 Å². The number of carbonyl (C=O) groups is 1. The van der Waals surface area contributed by atoms with E-state index in [1.807, 2.05) is 0 Å². The molecule has 0 unspecified atom stereocenters. The van der Waals surface area contributed by atoms with Crippen LogP contribution in [0.2, 0.25) is 5.02 Å². The summed E-state index contributed by atoms with van der Waals surface area (Å²) in [6.07, 6.45) is 1.45. The Balaban J connectivity index is 2.09. The fourth-order valence-electron chi connectivity index (χ4n) is 1.91. The molecule has 1 amide bonds. The van der Waals surface area contributed by atoms with Gasteiger partial charge in [-0.05, 0) is 24.3 Å². The number of furan rings is 1. The van der Waals surface area contributed by atoms with Gasteiger partial charge in [-0.25, -0.2) is 8.42 Å². The number of likely N-dealkylation sites (N-methyl/N-ethyl adjacent to an activating group) is 1. The molecule has 0 saturated carbocycles. The van der Waals surface area contributed by atoms with Crippen molar-refractivity contribution < 1.29 is 22.6 Å². The average molecular weight is 388 g/mol. The first kappa shape index (κ1) is 18.9.